The van der Waals surface area contributed by atoms with Gasteiger partial charge in [0.05, 0.1) is 14.2 Å². The average Bonchev–Trinajstić information content (AvgIpc) is 2.36. The molecule has 1 aromatic carbocycles. The molecule has 0 bridgehead atoms. The summed E-state index contributed by atoms with van der Waals surface area (Å²) in [6.07, 6.45) is -0.352. The molecular formula is C12H14FNO4. The molecule has 1 amide bonds. The van der Waals surface area contributed by atoms with Crippen molar-refractivity contribution < 1.29 is 23.5 Å². The van der Waals surface area contributed by atoms with Gasteiger partial charge in [0.1, 0.15) is 6.42 Å². The Bertz CT molecular complexity index is 448. The van der Waals surface area contributed by atoms with Gasteiger partial charge < -0.3 is 14.8 Å². The van der Waals surface area contributed by atoms with Crippen molar-refractivity contribution in [2.45, 2.75) is 13.0 Å². The third-order valence-corrected chi connectivity index (χ3v) is 2.24. The lowest BCUT2D eigenvalue weighted by Gasteiger charge is -2.06. The summed E-state index contributed by atoms with van der Waals surface area (Å²) in [4.78, 5) is 22.1. The molecule has 5 nitrogen and oxygen atoms in total. The summed E-state index contributed by atoms with van der Waals surface area (Å²) in [5, 5.41) is 2.48. The summed E-state index contributed by atoms with van der Waals surface area (Å²) in [7, 11) is 2.57. The van der Waals surface area contributed by atoms with Crippen molar-refractivity contribution in [2.24, 2.45) is 0 Å². The smallest absolute Gasteiger partial charge is 0.315 e. The number of carbonyl (C=O) groups is 2. The molecule has 0 saturated carbocycles. The number of benzene rings is 1. The van der Waals surface area contributed by atoms with Crippen LogP contribution in [0.3, 0.4) is 0 Å². The number of ether oxygens (including phenoxy) is 2. The lowest BCUT2D eigenvalue weighted by Crippen LogP contribution is -2.25. The van der Waals surface area contributed by atoms with E-state index in [1.165, 1.54) is 26.4 Å². The van der Waals surface area contributed by atoms with Gasteiger partial charge in [-0.25, -0.2) is 4.39 Å². The number of methoxy groups -OCH3 is 2. The van der Waals surface area contributed by atoms with Crippen LogP contribution in [0.5, 0.6) is 5.75 Å². The lowest BCUT2D eigenvalue weighted by molar-refractivity contribution is -0.143. The second kappa shape index (κ2) is 6.58. The zero-order chi connectivity index (χ0) is 13.5. The van der Waals surface area contributed by atoms with Crippen LogP contribution in [0.25, 0.3) is 0 Å². The summed E-state index contributed by atoms with van der Waals surface area (Å²) in [6, 6.07) is 4.36. The Morgan fingerprint density at radius 2 is 2.06 bits per heavy atom. The van der Waals surface area contributed by atoms with Crippen molar-refractivity contribution in [3.05, 3.63) is 29.6 Å². The molecule has 0 unspecified atom stereocenters. The Morgan fingerprint density at radius 3 is 2.61 bits per heavy atom. The number of carbonyl (C=O) groups excluding carboxylic acids is 2. The molecule has 0 radical (unpaired) electrons. The summed E-state index contributed by atoms with van der Waals surface area (Å²) in [5.41, 5.74) is 0.575. The minimum absolute atomic E-state index is 0.136. The molecule has 0 aliphatic carbocycles. The monoisotopic (exact) mass is 255 g/mol. The quantitative estimate of drug-likeness (QED) is 0.630. The number of hydrogen-bond acceptors (Lipinski definition) is 4. The Labute approximate surface area is 104 Å². The molecule has 1 rings (SSSR count). The number of rotatable bonds is 5. The molecule has 1 N–H and O–H groups in total. The van der Waals surface area contributed by atoms with Crippen LogP contribution in [-0.2, 0) is 20.9 Å². The van der Waals surface area contributed by atoms with E-state index in [1.807, 2.05) is 0 Å². The van der Waals surface area contributed by atoms with E-state index in [0.29, 0.717) is 5.56 Å². The third-order valence-electron chi connectivity index (χ3n) is 2.24. The summed E-state index contributed by atoms with van der Waals surface area (Å²) >= 11 is 0. The first-order valence-corrected chi connectivity index (χ1v) is 5.22. The molecule has 0 saturated heterocycles. The van der Waals surface area contributed by atoms with Gasteiger partial charge in [-0.1, -0.05) is 6.07 Å². The van der Waals surface area contributed by atoms with Gasteiger partial charge in [-0.3, -0.25) is 9.59 Å². The van der Waals surface area contributed by atoms with Crippen molar-refractivity contribution in [1.29, 1.82) is 0 Å². The summed E-state index contributed by atoms with van der Waals surface area (Å²) in [5.74, 6) is -1.46. The minimum atomic E-state index is -0.617. The van der Waals surface area contributed by atoms with Crippen molar-refractivity contribution >= 4 is 11.9 Å². The van der Waals surface area contributed by atoms with Gasteiger partial charge in [-0.2, -0.15) is 0 Å². The number of esters is 1. The van der Waals surface area contributed by atoms with Crippen molar-refractivity contribution in [3.8, 4) is 5.75 Å². The zero-order valence-corrected chi connectivity index (χ0v) is 10.2. The topological polar surface area (TPSA) is 64.6 Å². The normalized spacial score (nSPS) is 9.72. The van der Waals surface area contributed by atoms with E-state index in [9.17, 15) is 14.0 Å². The maximum atomic E-state index is 13.3. The maximum Gasteiger partial charge on any atom is 0.315 e. The van der Waals surface area contributed by atoms with Crippen LogP contribution >= 0.6 is 0 Å². The molecule has 0 aliphatic heterocycles. The molecule has 0 aliphatic rings. The second-order valence-corrected chi connectivity index (χ2v) is 3.50. The predicted octanol–water partition coefficient (Wildman–Crippen LogP) is 1.01. The molecule has 98 valence electrons. The molecule has 0 heterocycles. The minimum Gasteiger partial charge on any atom is -0.494 e. The largest absolute Gasteiger partial charge is 0.494 e. The van der Waals surface area contributed by atoms with Crippen molar-refractivity contribution in [2.75, 3.05) is 14.2 Å². The van der Waals surface area contributed by atoms with Crippen LogP contribution in [0.2, 0.25) is 0 Å². The zero-order valence-electron chi connectivity index (χ0n) is 10.2. The first-order valence-electron chi connectivity index (χ1n) is 5.22. The Balaban J connectivity index is 2.51. The standard InChI is InChI=1S/C12H14FNO4/c1-17-10-4-3-8(5-9(10)13)7-14-11(15)6-12(16)18-2/h3-5H,6-7H2,1-2H3,(H,14,15). The van der Waals surface area contributed by atoms with Crippen LogP contribution in [-0.4, -0.2) is 26.1 Å². The van der Waals surface area contributed by atoms with Crippen LogP contribution in [0.15, 0.2) is 18.2 Å². The van der Waals surface area contributed by atoms with E-state index in [0.717, 1.165) is 0 Å². The Kier molecular flexibility index (Phi) is 5.10. The number of halogens is 1. The van der Waals surface area contributed by atoms with Gasteiger partial charge in [-0.15, -0.1) is 0 Å². The van der Waals surface area contributed by atoms with Gasteiger partial charge in [0.2, 0.25) is 5.91 Å². The van der Waals surface area contributed by atoms with Crippen molar-refractivity contribution in [1.82, 2.24) is 5.32 Å². The van der Waals surface area contributed by atoms with Crippen molar-refractivity contribution in [3.63, 3.8) is 0 Å². The SMILES string of the molecule is COC(=O)CC(=O)NCc1ccc(OC)c(F)c1. The van der Waals surface area contributed by atoms with Gasteiger partial charge >= 0.3 is 5.97 Å². The number of nitrogens with one attached hydrogen (secondary N) is 1. The molecule has 1 aromatic rings. The fraction of sp³-hybridized carbons (Fsp3) is 0.333. The highest BCUT2D eigenvalue weighted by Gasteiger charge is 2.09. The second-order valence-electron chi connectivity index (χ2n) is 3.50. The van der Waals surface area contributed by atoms with E-state index in [-0.39, 0.29) is 18.7 Å². The molecule has 0 fully saturated rings. The van der Waals surface area contributed by atoms with E-state index >= 15 is 0 Å². The summed E-state index contributed by atoms with van der Waals surface area (Å²) in [6.45, 7) is 0.136. The molecule has 0 aromatic heterocycles. The summed E-state index contributed by atoms with van der Waals surface area (Å²) < 4.78 is 22.4. The number of amides is 1. The van der Waals surface area contributed by atoms with E-state index in [4.69, 9.17) is 4.74 Å². The van der Waals surface area contributed by atoms with Gasteiger partial charge in [0, 0.05) is 6.54 Å². The molecule has 0 atom stereocenters. The van der Waals surface area contributed by atoms with Gasteiger partial charge in [0.15, 0.2) is 11.6 Å². The molecule has 18 heavy (non-hydrogen) atoms. The van der Waals surface area contributed by atoms with Gasteiger partial charge in [0.25, 0.3) is 0 Å². The Hall–Kier alpha value is -2.11. The lowest BCUT2D eigenvalue weighted by atomic mass is 10.2. The average molecular weight is 255 g/mol. The molecular weight excluding hydrogens is 241 g/mol. The third kappa shape index (κ3) is 4.04. The highest BCUT2D eigenvalue weighted by molar-refractivity contribution is 5.94. The van der Waals surface area contributed by atoms with Crippen LogP contribution in [0.4, 0.5) is 4.39 Å². The highest BCUT2D eigenvalue weighted by atomic mass is 19.1. The first kappa shape index (κ1) is 14.0. The predicted molar refractivity (Wildman–Crippen MR) is 61.4 cm³/mol. The molecule has 6 heteroatoms. The highest BCUT2D eigenvalue weighted by Crippen LogP contribution is 2.17. The van der Waals surface area contributed by atoms with Crippen LogP contribution < -0.4 is 10.1 Å². The number of hydrogen-bond donors (Lipinski definition) is 1. The van der Waals surface area contributed by atoms with Gasteiger partial charge in [-0.05, 0) is 17.7 Å². The fourth-order valence-corrected chi connectivity index (χ4v) is 1.29. The van der Waals surface area contributed by atoms with E-state index < -0.39 is 17.7 Å². The van der Waals surface area contributed by atoms with E-state index in [1.54, 1.807) is 6.07 Å². The van der Waals surface area contributed by atoms with Crippen LogP contribution in [0.1, 0.15) is 12.0 Å². The maximum absolute atomic E-state index is 13.3. The molecule has 0 spiro atoms. The first-order chi connectivity index (χ1) is 8.56. The van der Waals surface area contributed by atoms with Crippen LogP contribution in [0, 0.1) is 5.82 Å². The fourth-order valence-electron chi connectivity index (χ4n) is 1.29. The Morgan fingerprint density at radius 1 is 1.33 bits per heavy atom. The van der Waals surface area contributed by atoms with E-state index in [2.05, 4.69) is 10.1 Å².